The van der Waals surface area contributed by atoms with Crippen LogP contribution in [0.15, 0.2) is 96.0 Å². The summed E-state index contributed by atoms with van der Waals surface area (Å²) in [5, 5.41) is 8.02. The number of sulfone groups is 1. The van der Waals surface area contributed by atoms with Gasteiger partial charge in [-0.2, -0.15) is 5.10 Å². The van der Waals surface area contributed by atoms with E-state index in [9.17, 15) is 13.2 Å². The second-order valence-electron chi connectivity index (χ2n) is 8.57. The number of benzene rings is 2. The van der Waals surface area contributed by atoms with Gasteiger partial charge in [0.25, 0.3) is 5.91 Å². The number of thiophene rings is 1. The van der Waals surface area contributed by atoms with Gasteiger partial charge in [0.2, 0.25) is 0 Å². The molecule has 5 aromatic rings. The Balaban J connectivity index is 1.47. The van der Waals surface area contributed by atoms with Crippen molar-refractivity contribution in [1.82, 2.24) is 20.1 Å². The van der Waals surface area contributed by atoms with E-state index in [1.807, 2.05) is 54.6 Å². The van der Waals surface area contributed by atoms with E-state index in [4.69, 9.17) is 11.6 Å². The topological polar surface area (TPSA) is 93.9 Å². The Morgan fingerprint density at radius 1 is 0.974 bits per heavy atom. The average Bonchev–Trinajstić information content (AvgIpc) is 3.57. The van der Waals surface area contributed by atoms with Gasteiger partial charge in [0, 0.05) is 36.0 Å². The number of rotatable bonds is 8. The van der Waals surface area contributed by atoms with E-state index in [0.717, 1.165) is 21.0 Å². The van der Waals surface area contributed by atoms with E-state index in [1.165, 1.54) is 17.6 Å². The summed E-state index contributed by atoms with van der Waals surface area (Å²) in [5.74, 6) is -0.300. The molecule has 2 aromatic carbocycles. The molecule has 0 bridgehead atoms. The molecule has 0 saturated heterocycles. The van der Waals surface area contributed by atoms with Crippen molar-refractivity contribution in [3.8, 4) is 26.7 Å². The summed E-state index contributed by atoms with van der Waals surface area (Å²) in [7, 11) is -3.33. The largest absolute Gasteiger partial charge is 0.350 e. The molecule has 1 N–H and O–H groups in total. The maximum absolute atomic E-state index is 13.0. The highest BCUT2D eigenvalue weighted by molar-refractivity contribution is 7.90. The third kappa shape index (κ3) is 5.70. The van der Waals surface area contributed by atoms with Crippen LogP contribution in [0.3, 0.4) is 0 Å². The lowest BCUT2D eigenvalue weighted by molar-refractivity contribution is 0.0948. The minimum Gasteiger partial charge on any atom is -0.350 e. The SMILES string of the molecule is CS(=O)(=O)c1cccc(-c2ccc(-c3cc(C(=O)NCCc4ccccn4)nn3-c3ccccc3Cl)s2)c1. The Kier molecular flexibility index (Phi) is 7.42. The van der Waals surface area contributed by atoms with Gasteiger partial charge in [-0.25, -0.2) is 13.1 Å². The second-order valence-corrected chi connectivity index (χ2v) is 12.1. The summed E-state index contributed by atoms with van der Waals surface area (Å²) < 4.78 is 25.7. The van der Waals surface area contributed by atoms with Gasteiger partial charge in [-0.05, 0) is 60.2 Å². The molecule has 0 aliphatic carbocycles. The minimum atomic E-state index is -3.33. The van der Waals surface area contributed by atoms with Crippen molar-refractivity contribution in [2.45, 2.75) is 11.3 Å². The van der Waals surface area contributed by atoms with Gasteiger partial charge in [0.05, 0.1) is 26.2 Å². The standard InChI is InChI=1S/C28H23ClN4O3S2/c1-38(35,36)21-9-6-7-19(17-21)26-12-13-27(37-26)25-18-23(32-33(25)24-11-3-2-10-22(24)29)28(34)31-16-14-20-8-4-5-15-30-20/h2-13,15,17-18H,14,16H2,1H3,(H,31,34). The molecule has 1 amide bonds. The van der Waals surface area contributed by atoms with Crippen LogP contribution in [-0.2, 0) is 16.3 Å². The summed E-state index contributed by atoms with van der Waals surface area (Å²) in [5.41, 5.74) is 3.28. The van der Waals surface area contributed by atoms with E-state index >= 15 is 0 Å². The predicted octanol–water partition coefficient (Wildman–Crippen LogP) is 5.69. The van der Waals surface area contributed by atoms with E-state index in [2.05, 4.69) is 15.4 Å². The number of carbonyl (C=O) groups is 1. The zero-order valence-corrected chi connectivity index (χ0v) is 22.7. The van der Waals surface area contributed by atoms with Crippen LogP contribution in [0.2, 0.25) is 5.02 Å². The number of hydrogen-bond donors (Lipinski definition) is 1. The van der Waals surface area contributed by atoms with Crippen LogP contribution in [0.1, 0.15) is 16.2 Å². The van der Waals surface area contributed by atoms with Gasteiger partial charge in [-0.1, -0.05) is 41.9 Å². The van der Waals surface area contributed by atoms with Crippen LogP contribution in [-0.4, -0.2) is 41.9 Å². The summed E-state index contributed by atoms with van der Waals surface area (Å²) >= 11 is 7.97. The summed E-state index contributed by atoms with van der Waals surface area (Å²) in [6, 6.07) is 25.4. The summed E-state index contributed by atoms with van der Waals surface area (Å²) in [4.78, 5) is 19.3. The molecule has 10 heteroatoms. The number of halogens is 1. The number of hydrogen-bond acceptors (Lipinski definition) is 6. The molecule has 7 nitrogen and oxygen atoms in total. The summed E-state index contributed by atoms with van der Waals surface area (Å²) in [6.45, 7) is 0.421. The van der Waals surface area contributed by atoms with Gasteiger partial charge in [-0.3, -0.25) is 9.78 Å². The summed E-state index contributed by atoms with van der Waals surface area (Å²) in [6.07, 6.45) is 3.52. The van der Waals surface area contributed by atoms with Crippen molar-refractivity contribution < 1.29 is 13.2 Å². The molecular formula is C28H23ClN4O3S2. The number of aromatic nitrogens is 3. The maximum atomic E-state index is 13.0. The Morgan fingerprint density at radius 2 is 1.76 bits per heavy atom. The van der Waals surface area contributed by atoms with Crippen LogP contribution in [0.25, 0.3) is 26.7 Å². The fourth-order valence-electron chi connectivity index (χ4n) is 3.93. The molecule has 0 saturated carbocycles. The van der Waals surface area contributed by atoms with Crippen LogP contribution >= 0.6 is 22.9 Å². The number of amides is 1. The Bertz CT molecular complexity index is 1710. The molecule has 0 aliphatic heterocycles. The highest BCUT2D eigenvalue weighted by Gasteiger charge is 2.20. The smallest absolute Gasteiger partial charge is 0.271 e. The molecule has 3 heterocycles. The molecule has 38 heavy (non-hydrogen) atoms. The quantitative estimate of drug-likeness (QED) is 0.262. The first kappa shape index (κ1) is 25.8. The highest BCUT2D eigenvalue weighted by Crippen LogP contribution is 2.37. The number of carbonyl (C=O) groups excluding carboxylic acids is 1. The van der Waals surface area contributed by atoms with Crippen molar-refractivity contribution in [3.05, 3.63) is 108 Å². The average molecular weight is 563 g/mol. The van der Waals surface area contributed by atoms with Gasteiger partial charge >= 0.3 is 0 Å². The molecule has 3 aromatic heterocycles. The van der Waals surface area contributed by atoms with Crippen LogP contribution < -0.4 is 5.32 Å². The molecule has 192 valence electrons. The zero-order chi connectivity index (χ0) is 26.7. The van der Waals surface area contributed by atoms with E-state index in [0.29, 0.717) is 29.4 Å². The minimum absolute atomic E-state index is 0.259. The fraction of sp³-hybridized carbons (Fsp3) is 0.107. The molecule has 5 rings (SSSR count). The van der Waals surface area contributed by atoms with E-state index < -0.39 is 9.84 Å². The third-order valence-electron chi connectivity index (χ3n) is 5.82. The first-order valence-electron chi connectivity index (χ1n) is 11.7. The fourth-order valence-corrected chi connectivity index (χ4v) is 5.81. The first-order chi connectivity index (χ1) is 18.3. The lowest BCUT2D eigenvalue weighted by Crippen LogP contribution is -2.26. The molecule has 0 radical (unpaired) electrons. The zero-order valence-electron chi connectivity index (χ0n) is 20.3. The van der Waals surface area contributed by atoms with Crippen molar-refractivity contribution in [2.24, 2.45) is 0 Å². The van der Waals surface area contributed by atoms with Crippen LogP contribution in [0, 0.1) is 0 Å². The Labute approximate surface area is 229 Å². The number of nitrogens with zero attached hydrogens (tertiary/aromatic N) is 3. The third-order valence-corrected chi connectivity index (χ3v) is 8.41. The lowest BCUT2D eigenvalue weighted by Gasteiger charge is -2.08. The molecule has 0 spiro atoms. The predicted molar refractivity (Wildman–Crippen MR) is 151 cm³/mol. The van der Waals surface area contributed by atoms with Crippen molar-refractivity contribution in [2.75, 3.05) is 12.8 Å². The molecule has 0 unspecified atom stereocenters. The number of nitrogens with one attached hydrogen (secondary N) is 1. The van der Waals surface area contributed by atoms with Crippen LogP contribution in [0.5, 0.6) is 0 Å². The monoisotopic (exact) mass is 562 g/mol. The highest BCUT2D eigenvalue weighted by atomic mass is 35.5. The Hall–Kier alpha value is -3.79. The van der Waals surface area contributed by atoms with Crippen molar-refractivity contribution in [3.63, 3.8) is 0 Å². The number of pyridine rings is 1. The Morgan fingerprint density at radius 3 is 2.53 bits per heavy atom. The van der Waals surface area contributed by atoms with Crippen molar-refractivity contribution in [1.29, 1.82) is 0 Å². The first-order valence-corrected chi connectivity index (χ1v) is 14.8. The number of para-hydroxylation sites is 1. The van der Waals surface area contributed by atoms with Crippen molar-refractivity contribution >= 4 is 38.7 Å². The molecule has 0 atom stereocenters. The molecule has 0 aliphatic rings. The van der Waals surface area contributed by atoms with Gasteiger partial charge in [0.1, 0.15) is 0 Å². The van der Waals surface area contributed by atoms with Gasteiger partial charge in [-0.15, -0.1) is 11.3 Å². The molecule has 0 fully saturated rings. The van der Waals surface area contributed by atoms with E-state index in [-0.39, 0.29) is 16.5 Å². The lowest BCUT2D eigenvalue weighted by atomic mass is 10.2. The van der Waals surface area contributed by atoms with Crippen LogP contribution in [0.4, 0.5) is 0 Å². The van der Waals surface area contributed by atoms with Gasteiger partial charge < -0.3 is 5.32 Å². The normalized spacial score (nSPS) is 11.4. The maximum Gasteiger partial charge on any atom is 0.271 e. The van der Waals surface area contributed by atoms with Gasteiger partial charge in [0.15, 0.2) is 15.5 Å². The molecular weight excluding hydrogens is 540 g/mol. The second kappa shape index (κ2) is 10.9. The van der Waals surface area contributed by atoms with E-state index in [1.54, 1.807) is 41.2 Å².